The molecule has 1 nitrogen and oxygen atoms in total. The normalized spacial score (nSPS) is 30.4. The molecule has 0 aromatic heterocycles. The Kier molecular flexibility index (Phi) is 3.24. The maximum atomic E-state index is 10.7. The second-order valence-corrected chi connectivity index (χ2v) is 8.16. The van der Waals surface area contributed by atoms with Crippen LogP contribution in [0, 0.1) is 11.3 Å². The van der Waals surface area contributed by atoms with Gasteiger partial charge in [-0.2, -0.15) is 0 Å². The molecule has 0 spiro atoms. The Morgan fingerprint density at radius 3 is 2.62 bits per heavy atom. The van der Waals surface area contributed by atoms with Crippen molar-refractivity contribution in [2.75, 3.05) is 0 Å². The minimum atomic E-state index is 0.132. The van der Waals surface area contributed by atoms with Gasteiger partial charge >= 0.3 is 0 Å². The zero-order valence-corrected chi connectivity index (χ0v) is 13.9. The van der Waals surface area contributed by atoms with Gasteiger partial charge in [0.2, 0.25) is 0 Å². The molecule has 0 saturated heterocycles. The second kappa shape index (κ2) is 4.63. The first-order valence-corrected chi connectivity index (χ1v) is 8.28. The van der Waals surface area contributed by atoms with Crippen molar-refractivity contribution < 1.29 is 5.11 Å². The zero-order chi connectivity index (χ0) is 15.4. The van der Waals surface area contributed by atoms with Crippen molar-refractivity contribution in [3.63, 3.8) is 0 Å². The van der Waals surface area contributed by atoms with Crippen LogP contribution in [0.4, 0.5) is 0 Å². The van der Waals surface area contributed by atoms with Crippen LogP contribution in [0.3, 0.4) is 0 Å². The SMILES string of the molecule is C=C(C)c1cc(O)c2c(c1)CC[C@H]1C(C)(C)CCC[C@]21C. The van der Waals surface area contributed by atoms with E-state index in [-0.39, 0.29) is 5.41 Å². The molecule has 114 valence electrons. The number of allylic oxidation sites excluding steroid dienone is 1. The average molecular weight is 284 g/mol. The van der Waals surface area contributed by atoms with Gasteiger partial charge in [-0.15, -0.1) is 0 Å². The molecule has 1 aromatic rings. The number of hydrogen-bond acceptors (Lipinski definition) is 1. The summed E-state index contributed by atoms with van der Waals surface area (Å²) in [6.45, 7) is 13.3. The van der Waals surface area contributed by atoms with Gasteiger partial charge in [0, 0.05) is 5.56 Å². The van der Waals surface area contributed by atoms with Crippen LogP contribution in [-0.2, 0) is 11.8 Å². The number of benzene rings is 1. The van der Waals surface area contributed by atoms with Gasteiger partial charge in [0.25, 0.3) is 0 Å². The Morgan fingerprint density at radius 2 is 1.95 bits per heavy atom. The Hall–Kier alpha value is -1.24. The van der Waals surface area contributed by atoms with Crippen LogP contribution in [-0.4, -0.2) is 5.11 Å². The number of fused-ring (bicyclic) bond motifs is 3. The Morgan fingerprint density at radius 1 is 1.24 bits per heavy atom. The van der Waals surface area contributed by atoms with Crippen molar-refractivity contribution in [3.8, 4) is 5.75 Å². The average Bonchev–Trinajstić information content (AvgIpc) is 2.36. The maximum Gasteiger partial charge on any atom is 0.120 e. The lowest BCUT2D eigenvalue weighted by atomic mass is 9.50. The lowest BCUT2D eigenvalue weighted by Crippen LogP contribution is -2.47. The summed E-state index contributed by atoms with van der Waals surface area (Å²) in [5, 5.41) is 10.7. The monoisotopic (exact) mass is 284 g/mol. The lowest BCUT2D eigenvalue weighted by Gasteiger charge is -2.54. The van der Waals surface area contributed by atoms with Crippen molar-refractivity contribution in [1.82, 2.24) is 0 Å². The van der Waals surface area contributed by atoms with Crippen molar-refractivity contribution in [1.29, 1.82) is 0 Å². The van der Waals surface area contributed by atoms with Crippen molar-refractivity contribution in [2.45, 2.75) is 65.2 Å². The van der Waals surface area contributed by atoms with Gasteiger partial charge in [-0.1, -0.05) is 45.4 Å². The molecule has 3 rings (SSSR count). The summed E-state index contributed by atoms with van der Waals surface area (Å²) >= 11 is 0. The zero-order valence-electron chi connectivity index (χ0n) is 13.9. The lowest BCUT2D eigenvalue weighted by molar-refractivity contribution is 0.0392. The van der Waals surface area contributed by atoms with Crippen molar-refractivity contribution in [2.24, 2.45) is 11.3 Å². The highest BCUT2D eigenvalue weighted by atomic mass is 16.3. The standard InChI is InChI=1S/C20H28O/c1-13(2)15-11-14-7-8-17-19(3,4)9-6-10-20(17,5)18(14)16(21)12-15/h11-12,17,21H,1,6-10H2,2-5H3/t17-,20-/m0/s1. The van der Waals surface area contributed by atoms with E-state index in [2.05, 4.69) is 33.4 Å². The molecule has 0 amide bonds. The maximum absolute atomic E-state index is 10.7. The van der Waals surface area contributed by atoms with Crippen LogP contribution in [0.1, 0.15) is 70.1 Å². The first-order valence-electron chi connectivity index (χ1n) is 8.28. The van der Waals surface area contributed by atoms with E-state index >= 15 is 0 Å². The number of aromatic hydroxyl groups is 1. The molecule has 1 fully saturated rings. The molecule has 0 aliphatic heterocycles. The number of rotatable bonds is 1. The van der Waals surface area contributed by atoms with Crippen LogP contribution in [0.2, 0.25) is 0 Å². The third-order valence-corrected chi connectivity index (χ3v) is 6.20. The Balaban J connectivity index is 2.16. The molecule has 1 N–H and O–H groups in total. The van der Waals surface area contributed by atoms with Gasteiger partial charge in [0.05, 0.1) is 0 Å². The van der Waals surface area contributed by atoms with E-state index in [1.807, 2.05) is 13.0 Å². The van der Waals surface area contributed by atoms with Gasteiger partial charge in [-0.25, -0.2) is 0 Å². The first kappa shape index (κ1) is 14.7. The number of aryl methyl sites for hydroxylation is 1. The van der Waals surface area contributed by atoms with E-state index < -0.39 is 0 Å². The summed E-state index contributed by atoms with van der Waals surface area (Å²) in [7, 11) is 0. The molecule has 0 heterocycles. The summed E-state index contributed by atoms with van der Waals surface area (Å²) in [5.41, 5.74) is 5.21. The number of phenols is 1. The van der Waals surface area contributed by atoms with Crippen molar-refractivity contribution >= 4 is 5.57 Å². The molecule has 0 bridgehead atoms. The summed E-state index contributed by atoms with van der Waals surface area (Å²) in [4.78, 5) is 0. The van der Waals surface area contributed by atoms with E-state index in [1.165, 1.54) is 36.8 Å². The summed E-state index contributed by atoms with van der Waals surface area (Å²) in [6, 6.07) is 4.19. The van der Waals surface area contributed by atoms with Gasteiger partial charge in [-0.05, 0) is 66.5 Å². The molecule has 2 atom stereocenters. The molecule has 1 aromatic carbocycles. The van der Waals surface area contributed by atoms with E-state index in [1.54, 1.807) is 0 Å². The first-order chi connectivity index (χ1) is 9.75. The highest BCUT2D eigenvalue weighted by Crippen LogP contribution is 2.58. The van der Waals surface area contributed by atoms with Crippen LogP contribution >= 0.6 is 0 Å². The van der Waals surface area contributed by atoms with Gasteiger partial charge in [-0.3, -0.25) is 0 Å². The molecule has 0 unspecified atom stereocenters. The van der Waals surface area contributed by atoms with Gasteiger partial charge in [0.15, 0.2) is 0 Å². The van der Waals surface area contributed by atoms with E-state index in [4.69, 9.17) is 0 Å². The minimum absolute atomic E-state index is 0.132. The van der Waals surface area contributed by atoms with Crippen molar-refractivity contribution in [3.05, 3.63) is 35.4 Å². The fourth-order valence-electron chi connectivity index (χ4n) is 5.22. The Bertz CT molecular complexity index is 596. The predicted octanol–water partition coefficient (Wildman–Crippen LogP) is 5.46. The third kappa shape index (κ3) is 2.13. The summed E-state index contributed by atoms with van der Waals surface area (Å²) in [5.74, 6) is 1.17. The second-order valence-electron chi connectivity index (χ2n) is 8.16. The minimum Gasteiger partial charge on any atom is -0.508 e. The van der Waals surface area contributed by atoms with E-state index in [0.717, 1.165) is 17.6 Å². The molecule has 0 radical (unpaired) electrons. The molecule has 2 aliphatic carbocycles. The largest absolute Gasteiger partial charge is 0.508 e. The Labute approximate surface area is 129 Å². The van der Waals surface area contributed by atoms with Crippen LogP contribution in [0.15, 0.2) is 18.7 Å². The highest BCUT2D eigenvalue weighted by molar-refractivity contribution is 5.66. The molecule has 2 aliphatic rings. The molecule has 21 heavy (non-hydrogen) atoms. The van der Waals surface area contributed by atoms with Crippen LogP contribution < -0.4 is 0 Å². The molecular weight excluding hydrogens is 256 g/mol. The number of hydrogen-bond donors (Lipinski definition) is 1. The van der Waals surface area contributed by atoms with Gasteiger partial charge in [0.1, 0.15) is 5.75 Å². The van der Waals surface area contributed by atoms with Crippen LogP contribution in [0.5, 0.6) is 5.75 Å². The topological polar surface area (TPSA) is 20.2 Å². The molecule has 1 heteroatoms. The third-order valence-electron chi connectivity index (χ3n) is 6.20. The van der Waals surface area contributed by atoms with E-state index in [9.17, 15) is 5.11 Å². The fourth-order valence-corrected chi connectivity index (χ4v) is 5.22. The van der Waals surface area contributed by atoms with Crippen LogP contribution in [0.25, 0.3) is 5.57 Å². The fraction of sp³-hybridized carbons (Fsp3) is 0.600. The van der Waals surface area contributed by atoms with E-state index in [0.29, 0.717) is 17.1 Å². The number of phenolic OH excluding ortho intramolecular Hbond substituents is 1. The smallest absolute Gasteiger partial charge is 0.120 e. The summed E-state index contributed by atoms with van der Waals surface area (Å²) < 4.78 is 0. The molecule has 1 saturated carbocycles. The predicted molar refractivity (Wildman–Crippen MR) is 89.6 cm³/mol. The van der Waals surface area contributed by atoms with Gasteiger partial charge < -0.3 is 5.11 Å². The quantitative estimate of drug-likeness (QED) is 0.726. The summed E-state index contributed by atoms with van der Waals surface area (Å²) in [6.07, 6.45) is 6.12. The highest BCUT2D eigenvalue weighted by Gasteiger charge is 2.50. The molecular formula is C20H28O.